The summed E-state index contributed by atoms with van der Waals surface area (Å²) in [4.78, 5) is 31.4. The highest BCUT2D eigenvalue weighted by Gasteiger charge is 2.59. The molecule has 0 radical (unpaired) electrons. The number of nitrogens with zero attached hydrogens (tertiary/aromatic N) is 5. The molecule has 3 unspecified atom stereocenters. The van der Waals surface area contributed by atoms with Crippen LogP contribution >= 0.6 is 11.6 Å². The van der Waals surface area contributed by atoms with Gasteiger partial charge in [-0.25, -0.2) is 13.8 Å². The van der Waals surface area contributed by atoms with E-state index < -0.39 is 41.7 Å². The zero-order chi connectivity index (χ0) is 28.0. The summed E-state index contributed by atoms with van der Waals surface area (Å²) in [5, 5.41) is 6.04. The molecular formula is C24H21ClF5N7O2. The molecule has 3 aliphatic rings. The number of aromatic nitrogens is 4. The van der Waals surface area contributed by atoms with Crippen LogP contribution in [0.25, 0.3) is 11.3 Å². The highest BCUT2D eigenvalue weighted by molar-refractivity contribution is 6.34. The molecule has 1 aromatic carbocycles. The maximum atomic E-state index is 13.7. The van der Waals surface area contributed by atoms with Crippen LogP contribution in [-0.4, -0.2) is 61.1 Å². The van der Waals surface area contributed by atoms with Gasteiger partial charge in [-0.05, 0) is 30.0 Å². The number of anilines is 1. The molecule has 206 valence electrons. The van der Waals surface area contributed by atoms with Crippen molar-refractivity contribution in [2.45, 2.75) is 30.6 Å². The molecule has 2 aliphatic carbocycles. The van der Waals surface area contributed by atoms with E-state index in [0.29, 0.717) is 29.6 Å². The zero-order valence-corrected chi connectivity index (χ0v) is 21.0. The molecule has 15 heteroatoms. The highest BCUT2D eigenvalue weighted by Crippen LogP contribution is 2.53. The second-order valence-corrected chi connectivity index (χ2v) is 10.5. The molecule has 3 aromatic rings. The number of nitrogens with one attached hydrogen (secondary N) is 1. The van der Waals surface area contributed by atoms with Gasteiger partial charge in [0.1, 0.15) is 6.04 Å². The third kappa shape index (κ3) is 4.35. The van der Waals surface area contributed by atoms with Crippen molar-refractivity contribution in [2.75, 3.05) is 18.4 Å². The van der Waals surface area contributed by atoms with Crippen LogP contribution in [0.2, 0.25) is 5.02 Å². The Kier molecular flexibility index (Phi) is 5.60. The number of nitrogens with two attached hydrogens (primary N) is 1. The van der Waals surface area contributed by atoms with E-state index in [1.807, 2.05) is 0 Å². The van der Waals surface area contributed by atoms with E-state index >= 15 is 0 Å². The Labute approximate surface area is 222 Å². The fraction of sp³-hybridized carbons (Fsp3) is 0.417. The maximum Gasteiger partial charge on any atom is 0.435 e. The molecule has 9 nitrogen and oxygen atoms in total. The van der Waals surface area contributed by atoms with Crippen molar-refractivity contribution in [1.29, 1.82) is 0 Å². The van der Waals surface area contributed by atoms with Crippen molar-refractivity contribution in [3.63, 3.8) is 0 Å². The van der Waals surface area contributed by atoms with Gasteiger partial charge in [0, 0.05) is 44.5 Å². The van der Waals surface area contributed by atoms with Crippen molar-refractivity contribution < 1.29 is 31.5 Å². The minimum atomic E-state index is -4.92. The van der Waals surface area contributed by atoms with Crippen LogP contribution in [0, 0.1) is 11.8 Å². The standard InChI is InChI=1S/C24H21ClF5N7O2/c1-35-16(14-9-37(17-5-23(17,26)27)34-19(14)24(28,29)30)6-32-20(35)21(38)33-10-2-3-11(15(25)4-10)22(39)36-7-12-13(8-36)18(12)31/h2-4,6,9,12-13,17-18H,5,7-8,31H2,1H3,(H,33,38). The number of hydrogen-bond donors (Lipinski definition) is 2. The molecule has 3 heterocycles. The number of hydrogen-bond acceptors (Lipinski definition) is 5. The fourth-order valence-corrected chi connectivity index (χ4v) is 5.43. The molecule has 3 fully saturated rings. The Morgan fingerprint density at radius 2 is 1.87 bits per heavy atom. The number of rotatable bonds is 5. The van der Waals surface area contributed by atoms with E-state index in [0.717, 1.165) is 17.0 Å². The van der Waals surface area contributed by atoms with Crippen molar-refractivity contribution in [3.05, 3.63) is 52.7 Å². The fourth-order valence-electron chi connectivity index (χ4n) is 5.17. The molecule has 0 spiro atoms. The lowest BCUT2D eigenvalue weighted by Gasteiger charge is -2.20. The first-order valence-corrected chi connectivity index (χ1v) is 12.4. The van der Waals surface area contributed by atoms with Gasteiger partial charge in [0.25, 0.3) is 17.7 Å². The van der Waals surface area contributed by atoms with Crippen LogP contribution in [0.3, 0.4) is 0 Å². The molecule has 6 rings (SSSR count). The van der Waals surface area contributed by atoms with Gasteiger partial charge in [0.15, 0.2) is 11.5 Å². The van der Waals surface area contributed by atoms with E-state index in [1.165, 1.54) is 25.2 Å². The first kappa shape index (κ1) is 25.7. The number of benzene rings is 1. The van der Waals surface area contributed by atoms with Crippen molar-refractivity contribution >= 4 is 29.1 Å². The molecule has 3 atom stereocenters. The molecule has 1 aliphatic heterocycles. The van der Waals surface area contributed by atoms with E-state index in [-0.39, 0.29) is 39.7 Å². The molecule has 2 saturated carbocycles. The first-order valence-electron chi connectivity index (χ1n) is 12.0. The predicted molar refractivity (Wildman–Crippen MR) is 128 cm³/mol. The largest absolute Gasteiger partial charge is 0.435 e. The average molecular weight is 570 g/mol. The van der Waals surface area contributed by atoms with Gasteiger partial charge in [-0.15, -0.1) is 0 Å². The Bertz CT molecular complexity index is 1500. The maximum absolute atomic E-state index is 13.7. The lowest BCUT2D eigenvalue weighted by atomic mass is 10.1. The van der Waals surface area contributed by atoms with Crippen LogP contribution in [-0.2, 0) is 13.2 Å². The normalized spacial score (nSPS) is 25.0. The number of carbonyl (C=O) groups is 2. The zero-order valence-electron chi connectivity index (χ0n) is 20.2. The van der Waals surface area contributed by atoms with Crippen LogP contribution in [0.15, 0.2) is 30.6 Å². The van der Waals surface area contributed by atoms with Crippen molar-refractivity contribution in [2.24, 2.45) is 24.6 Å². The van der Waals surface area contributed by atoms with Gasteiger partial charge < -0.3 is 20.5 Å². The number of amides is 2. The lowest BCUT2D eigenvalue weighted by molar-refractivity contribution is -0.141. The quantitative estimate of drug-likeness (QED) is 0.454. The Hall–Kier alpha value is -3.52. The third-order valence-electron chi connectivity index (χ3n) is 7.58. The van der Waals surface area contributed by atoms with Gasteiger partial charge in [0.2, 0.25) is 0 Å². The van der Waals surface area contributed by atoms with Crippen LogP contribution in [0.5, 0.6) is 0 Å². The van der Waals surface area contributed by atoms with Gasteiger partial charge in [-0.3, -0.25) is 14.3 Å². The number of piperidine rings is 1. The number of imidazole rings is 1. The van der Waals surface area contributed by atoms with E-state index in [1.54, 1.807) is 4.90 Å². The summed E-state index contributed by atoms with van der Waals surface area (Å²) in [6, 6.07) is 3.02. The van der Waals surface area contributed by atoms with Crippen LogP contribution in [0.4, 0.5) is 27.6 Å². The summed E-state index contributed by atoms with van der Waals surface area (Å²) in [5.41, 5.74) is 4.45. The minimum Gasteiger partial charge on any atom is -0.338 e. The smallest absolute Gasteiger partial charge is 0.338 e. The Balaban J connectivity index is 1.20. The number of halogens is 6. The summed E-state index contributed by atoms with van der Waals surface area (Å²) in [6.07, 6.45) is -3.60. The van der Waals surface area contributed by atoms with Crippen molar-refractivity contribution in [3.8, 4) is 11.3 Å². The number of fused-ring (bicyclic) bond motifs is 1. The van der Waals surface area contributed by atoms with Crippen molar-refractivity contribution in [1.82, 2.24) is 24.2 Å². The van der Waals surface area contributed by atoms with E-state index in [9.17, 15) is 31.5 Å². The second kappa shape index (κ2) is 8.49. The van der Waals surface area contributed by atoms with Crippen LogP contribution < -0.4 is 11.1 Å². The van der Waals surface area contributed by atoms with Crippen LogP contribution in [0.1, 0.15) is 39.1 Å². The molecule has 2 aromatic heterocycles. The van der Waals surface area contributed by atoms with Gasteiger partial charge >= 0.3 is 6.18 Å². The van der Waals surface area contributed by atoms with Gasteiger partial charge in [-0.2, -0.15) is 18.3 Å². The van der Waals surface area contributed by atoms with E-state index in [2.05, 4.69) is 15.4 Å². The lowest BCUT2D eigenvalue weighted by Crippen LogP contribution is -2.34. The highest BCUT2D eigenvalue weighted by atomic mass is 35.5. The number of alkyl halides is 5. The Morgan fingerprint density at radius 3 is 2.46 bits per heavy atom. The van der Waals surface area contributed by atoms with Gasteiger partial charge in [0.05, 0.1) is 28.0 Å². The SMILES string of the molecule is Cn1c(-c2cn(C3CC3(F)F)nc2C(F)(F)F)cnc1C(=O)Nc1ccc(C(=O)N2CC3C(N)C3C2)c(Cl)c1. The number of likely N-dealkylation sites (tertiary alicyclic amines) is 1. The molecule has 0 bridgehead atoms. The summed E-state index contributed by atoms with van der Waals surface area (Å²) in [7, 11) is 1.32. The molecule has 3 N–H and O–H groups in total. The summed E-state index contributed by atoms with van der Waals surface area (Å²) in [5.74, 6) is -3.76. The molecule has 39 heavy (non-hydrogen) atoms. The summed E-state index contributed by atoms with van der Waals surface area (Å²) >= 11 is 6.32. The molecular weight excluding hydrogens is 549 g/mol. The first-order chi connectivity index (χ1) is 18.3. The monoisotopic (exact) mass is 569 g/mol. The van der Waals surface area contributed by atoms with E-state index in [4.69, 9.17) is 17.3 Å². The van der Waals surface area contributed by atoms with Gasteiger partial charge in [-0.1, -0.05) is 11.6 Å². The number of carbonyl (C=O) groups excluding carboxylic acids is 2. The summed E-state index contributed by atoms with van der Waals surface area (Å²) < 4.78 is 69.6. The third-order valence-corrected chi connectivity index (χ3v) is 7.90. The summed E-state index contributed by atoms with van der Waals surface area (Å²) in [6.45, 7) is 1.14. The average Bonchev–Trinajstić information content (AvgIpc) is 3.37. The second-order valence-electron chi connectivity index (χ2n) is 10.1. The minimum absolute atomic E-state index is 0.113. The Morgan fingerprint density at radius 1 is 1.21 bits per heavy atom. The molecule has 2 amide bonds. The molecule has 1 saturated heterocycles. The topological polar surface area (TPSA) is 111 Å². The predicted octanol–water partition coefficient (Wildman–Crippen LogP) is 3.82.